The molecule has 0 spiro atoms. The predicted molar refractivity (Wildman–Crippen MR) is 70.8 cm³/mol. The molecule has 0 bridgehead atoms. The van der Waals surface area contributed by atoms with Crippen molar-refractivity contribution in [1.29, 1.82) is 0 Å². The number of rotatable bonds is 7. The Hall–Kier alpha value is -1.55. The Kier molecular flexibility index (Phi) is 5.16. The van der Waals surface area contributed by atoms with E-state index in [0.717, 1.165) is 12.2 Å². The van der Waals surface area contributed by atoms with Crippen molar-refractivity contribution in [3.05, 3.63) is 29.8 Å². The fourth-order valence-corrected chi connectivity index (χ4v) is 1.59. The highest BCUT2D eigenvalue weighted by molar-refractivity contribution is 5.77. The SMILES string of the molecule is CCc1cccc(OCCCC(C)(N)C(=O)O)c1. The van der Waals surface area contributed by atoms with Crippen LogP contribution in [0.15, 0.2) is 24.3 Å². The minimum absolute atomic E-state index is 0.399. The van der Waals surface area contributed by atoms with Crippen LogP contribution >= 0.6 is 0 Å². The topological polar surface area (TPSA) is 72.5 Å². The van der Waals surface area contributed by atoms with Crippen molar-refractivity contribution in [2.45, 2.75) is 38.6 Å². The maximum Gasteiger partial charge on any atom is 0.323 e. The average Bonchev–Trinajstić information content (AvgIpc) is 2.35. The van der Waals surface area contributed by atoms with Gasteiger partial charge >= 0.3 is 5.97 Å². The third-order valence-corrected chi connectivity index (χ3v) is 2.90. The summed E-state index contributed by atoms with van der Waals surface area (Å²) >= 11 is 0. The van der Waals surface area contributed by atoms with Gasteiger partial charge in [-0.2, -0.15) is 0 Å². The lowest BCUT2D eigenvalue weighted by molar-refractivity contribution is -0.142. The van der Waals surface area contributed by atoms with Gasteiger partial charge in [0.05, 0.1) is 6.61 Å². The summed E-state index contributed by atoms with van der Waals surface area (Å²) < 4.78 is 5.58. The van der Waals surface area contributed by atoms with Gasteiger partial charge in [-0.15, -0.1) is 0 Å². The number of hydrogen-bond acceptors (Lipinski definition) is 3. The van der Waals surface area contributed by atoms with E-state index in [1.54, 1.807) is 0 Å². The number of benzene rings is 1. The van der Waals surface area contributed by atoms with Gasteiger partial charge in [-0.1, -0.05) is 19.1 Å². The van der Waals surface area contributed by atoms with Gasteiger partial charge in [-0.3, -0.25) is 4.79 Å². The normalized spacial score (nSPS) is 13.9. The predicted octanol–water partition coefficient (Wildman–Crippen LogP) is 2.21. The van der Waals surface area contributed by atoms with Gasteiger partial charge in [0.25, 0.3) is 0 Å². The van der Waals surface area contributed by atoms with Gasteiger partial charge in [-0.05, 0) is 43.9 Å². The zero-order valence-electron chi connectivity index (χ0n) is 11.0. The van der Waals surface area contributed by atoms with Crippen LogP contribution in [0.5, 0.6) is 5.75 Å². The van der Waals surface area contributed by atoms with Gasteiger partial charge in [0.2, 0.25) is 0 Å². The maximum atomic E-state index is 10.8. The van der Waals surface area contributed by atoms with Crippen molar-refractivity contribution in [2.24, 2.45) is 5.73 Å². The van der Waals surface area contributed by atoms with Crippen molar-refractivity contribution in [3.63, 3.8) is 0 Å². The van der Waals surface area contributed by atoms with E-state index in [-0.39, 0.29) is 0 Å². The summed E-state index contributed by atoms with van der Waals surface area (Å²) in [6, 6.07) is 7.91. The molecule has 1 aromatic carbocycles. The molecular weight excluding hydrogens is 230 g/mol. The van der Waals surface area contributed by atoms with Crippen molar-refractivity contribution in [3.8, 4) is 5.75 Å². The third-order valence-electron chi connectivity index (χ3n) is 2.90. The van der Waals surface area contributed by atoms with Gasteiger partial charge in [-0.25, -0.2) is 0 Å². The standard InChI is InChI=1S/C14H21NO3/c1-3-11-6-4-7-12(10-11)18-9-5-8-14(2,15)13(16)17/h4,6-7,10H,3,5,8-9,15H2,1-2H3,(H,16,17). The van der Waals surface area contributed by atoms with Crippen LogP contribution < -0.4 is 10.5 Å². The molecule has 0 heterocycles. The number of carbonyl (C=O) groups is 1. The first-order chi connectivity index (χ1) is 8.45. The van der Waals surface area contributed by atoms with Crippen LogP contribution in [0.2, 0.25) is 0 Å². The minimum atomic E-state index is -1.17. The van der Waals surface area contributed by atoms with Gasteiger partial charge in [0.15, 0.2) is 0 Å². The van der Waals surface area contributed by atoms with E-state index in [0.29, 0.717) is 19.4 Å². The van der Waals surface area contributed by atoms with E-state index in [1.165, 1.54) is 12.5 Å². The Labute approximate surface area is 108 Å². The Balaban J connectivity index is 2.36. The quantitative estimate of drug-likeness (QED) is 0.729. The monoisotopic (exact) mass is 251 g/mol. The van der Waals surface area contributed by atoms with Gasteiger partial charge in [0, 0.05) is 0 Å². The number of carboxylic acid groups (broad SMARTS) is 1. The molecule has 0 aliphatic rings. The zero-order chi connectivity index (χ0) is 13.6. The smallest absolute Gasteiger partial charge is 0.323 e. The van der Waals surface area contributed by atoms with Crippen LogP contribution in [-0.2, 0) is 11.2 Å². The second-order valence-electron chi connectivity index (χ2n) is 4.68. The summed E-state index contributed by atoms with van der Waals surface area (Å²) in [4.78, 5) is 10.8. The highest BCUT2D eigenvalue weighted by Gasteiger charge is 2.26. The fourth-order valence-electron chi connectivity index (χ4n) is 1.59. The van der Waals surface area contributed by atoms with Crippen LogP contribution in [0.4, 0.5) is 0 Å². The molecule has 0 aromatic heterocycles. The van der Waals surface area contributed by atoms with E-state index in [2.05, 4.69) is 6.92 Å². The van der Waals surface area contributed by atoms with E-state index in [9.17, 15) is 4.79 Å². The first kappa shape index (κ1) is 14.5. The molecule has 0 aliphatic carbocycles. The summed E-state index contributed by atoms with van der Waals surface area (Å²) in [5.74, 6) is -0.154. The van der Waals surface area contributed by atoms with Crippen molar-refractivity contribution < 1.29 is 14.6 Å². The van der Waals surface area contributed by atoms with Crippen LogP contribution in [0.3, 0.4) is 0 Å². The Bertz CT molecular complexity index is 402. The molecule has 0 saturated heterocycles. The maximum absolute atomic E-state index is 10.8. The highest BCUT2D eigenvalue weighted by Crippen LogP contribution is 2.15. The van der Waals surface area contributed by atoms with Crippen molar-refractivity contribution in [2.75, 3.05) is 6.61 Å². The van der Waals surface area contributed by atoms with Crippen LogP contribution in [0.25, 0.3) is 0 Å². The number of nitrogens with two attached hydrogens (primary N) is 1. The first-order valence-electron chi connectivity index (χ1n) is 6.19. The molecule has 0 amide bonds. The summed E-state index contributed by atoms with van der Waals surface area (Å²) in [6.45, 7) is 4.09. The van der Waals surface area contributed by atoms with Crippen molar-refractivity contribution in [1.82, 2.24) is 0 Å². The fraction of sp³-hybridized carbons (Fsp3) is 0.500. The lowest BCUT2D eigenvalue weighted by Crippen LogP contribution is -2.44. The second kappa shape index (κ2) is 6.40. The van der Waals surface area contributed by atoms with Gasteiger partial charge < -0.3 is 15.6 Å². The lowest BCUT2D eigenvalue weighted by atomic mass is 9.98. The summed E-state index contributed by atoms with van der Waals surface area (Å²) in [5.41, 5.74) is 5.68. The molecule has 0 saturated carbocycles. The molecule has 1 atom stereocenters. The Morgan fingerprint density at radius 3 is 2.83 bits per heavy atom. The molecule has 18 heavy (non-hydrogen) atoms. The second-order valence-corrected chi connectivity index (χ2v) is 4.68. The Morgan fingerprint density at radius 2 is 2.22 bits per heavy atom. The molecule has 1 aromatic rings. The summed E-state index contributed by atoms with van der Waals surface area (Å²) in [6.07, 6.45) is 1.99. The summed E-state index contributed by atoms with van der Waals surface area (Å²) in [7, 11) is 0. The lowest BCUT2D eigenvalue weighted by Gasteiger charge is -2.18. The molecule has 0 radical (unpaired) electrons. The van der Waals surface area contributed by atoms with Crippen LogP contribution in [-0.4, -0.2) is 23.2 Å². The number of carboxylic acids is 1. The largest absolute Gasteiger partial charge is 0.494 e. The van der Waals surface area contributed by atoms with Gasteiger partial charge in [0.1, 0.15) is 11.3 Å². The highest BCUT2D eigenvalue weighted by atomic mass is 16.5. The zero-order valence-corrected chi connectivity index (χ0v) is 11.0. The van der Waals surface area contributed by atoms with E-state index < -0.39 is 11.5 Å². The molecule has 4 heteroatoms. The molecule has 0 aliphatic heterocycles. The average molecular weight is 251 g/mol. The first-order valence-corrected chi connectivity index (χ1v) is 6.19. The number of ether oxygens (including phenoxy) is 1. The van der Waals surface area contributed by atoms with Crippen LogP contribution in [0, 0.1) is 0 Å². The molecular formula is C14H21NO3. The molecule has 3 N–H and O–H groups in total. The minimum Gasteiger partial charge on any atom is -0.494 e. The molecule has 100 valence electrons. The molecule has 1 unspecified atom stereocenters. The number of aryl methyl sites for hydroxylation is 1. The van der Waals surface area contributed by atoms with E-state index >= 15 is 0 Å². The van der Waals surface area contributed by atoms with E-state index in [4.69, 9.17) is 15.6 Å². The Morgan fingerprint density at radius 1 is 1.50 bits per heavy atom. The molecule has 1 rings (SSSR count). The molecule has 4 nitrogen and oxygen atoms in total. The van der Waals surface area contributed by atoms with Crippen LogP contribution in [0.1, 0.15) is 32.3 Å². The number of hydrogen-bond donors (Lipinski definition) is 2. The van der Waals surface area contributed by atoms with Crippen molar-refractivity contribution >= 4 is 5.97 Å². The molecule has 0 fully saturated rings. The third kappa shape index (κ3) is 4.37. The van der Waals surface area contributed by atoms with E-state index in [1.807, 2.05) is 24.3 Å². The summed E-state index contributed by atoms with van der Waals surface area (Å²) in [5, 5.41) is 8.86. The number of aliphatic carboxylic acids is 1.